The van der Waals surface area contributed by atoms with Crippen molar-refractivity contribution in [3.63, 3.8) is 0 Å². The Labute approximate surface area is 154 Å². The van der Waals surface area contributed by atoms with Gasteiger partial charge in [-0.2, -0.15) is 5.26 Å². The van der Waals surface area contributed by atoms with Gasteiger partial charge in [0.25, 0.3) is 5.91 Å². The summed E-state index contributed by atoms with van der Waals surface area (Å²) in [7, 11) is 1.56. The van der Waals surface area contributed by atoms with Crippen LogP contribution in [0.5, 0.6) is 11.5 Å². The van der Waals surface area contributed by atoms with Crippen molar-refractivity contribution in [3.05, 3.63) is 29.3 Å². The molecule has 1 amide bonds. The van der Waals surface area contributed by atoms with Gasteiger partial charge in [-0.3, -0.25) is 4.79 Å². The molecule has 6 heteroatoms. The van der Waals surface area contributed by atoms with Gasteiger partial charge in [0.15, 0.2) is 11.5 Å². The molecule has 1 aromatic carbocycles. The van der Waals surface area contributed by atoms with Crippen LogP contribution < -0.4 is 14.8 Å². The monoisotopic (exact) mass is 358 g/mol. The van der Waals surface area contributed by atoms with Crippen LogP contribution in [0.3, 0.4) is 0 Å². The Morgan fingerprint density at radius 1 is 1.46 bits per heavy atom. The van der Waals surface area contributed by atoms with E-state index in [1.807, 2.05) is 6.07 Å². The van der Waals surface area contributed by atoms with Crippen molar-refractivity contribution in [3.8, 4) is 17.6 Å². The molecule has 0 bridgehead atoms. The minimum absolute atomic E-state index is 0.0403. The molecule has 1 saturated heterocycles. The summed E-state index contributed by atoms with van der Waals surface area (Å²) in [4.78, 5) is 12.2. The Morgan fingerprint density at radius 3 is 2.96 bits per heavy atom. The van der Waals surface area contributed by atoms with Crippen molar-refractivity contribution in [1.29, 1.82) is 5.26 Å². The number of nitriles is 1. The third-order valence-electron chi connectivity index (χ3n) is 4.13. The molecule has 1 aromatic rings. The van der Waals surface area contributed by atoms with Crippen LogP contribution in [-0.4, -0.2) is 38.9 Å². The third-order valence-corrected chi connectivity index (χ3v) is 4.13. The van der Waals surface area contributed by atoms with Crippen molar-refractivity contribution in [2.45, 2.75) is 38.7 Å². The first kappa shape index (κ1) is 19.8. The molecule has 0 saturated carbocycles. The number of benzene rings is 1. The average molecular weight is 358 g/mol. The van der Waals surface area contributed by atoms with Gasteiger partial charge in [0.05, 0.1) is 19.8 Å². The van der Waals surface area contributed by atoms with Gasteiger partial charge in [0.1, 0.15) is 11.6 Å². The van der Waals surface area contributed by atoms with E-state index in [1.165, 1.54) is 0 Å². The van der Waals surface area contributed by atoms with Crippen LogP contribution in [-0.2, 0) is 9.53 Å². The Morgan fingerprint density at radius 2 is 2.31 bits per heavy atom. The second-order valence-corrected chi connectivity index (χ2v) is 6.13. The Hall–Kier alpha value is -2.52. The van der Waals surface area contributed by atoms with E-state index in [2.05, 4.69) is 12.2 Å². The van der Waals surface area contributed by atoms with Crippen LogP contribution in [0.1, 0.15) is 38.2 Å². The van der Waals surface area contributed by atoms with E-state index in [1.54, 1.807) is 31.4 Å². The molecule has 1 unspecified atom stereocenters. The predicted molar refractivity (Wildman–Crippen MR) is 99.0 cm³/mol. The second-order valence-electron chi connectivity index (χ2n) is 6.13. The number of rotatable bonds is 9. The molecule has 1 atom stereocenters. The quantitative estimate of drug-likeness (QED) is 0.417. The third kappa shape index (κ3) is 5.78. The lowest BCUT2D eigenvalue weighted by Crippen LogP contribution is -2.32. The van der Waals surface area contributed by atoms with E-state index in [9.17, 15) is 10.1 Å². The number of carbonyl (C=O) groups is 1. The van der Waals surface area contributed by atoms with Crippen molar-refractivity contribution in [1.82, 2.24) is 5.32 Å². The lowest BCUT2D eigenvalue weighted by atomic mass is 10.1. The number of methoxy groups -OCH3 is 1. The molecule has 0 spiro atoms. The second kappa shape index (κ2) is 10.5. The highest BCUT2D eigenvalue weighted by Crippen LogP contribution is 2.29. The summed E-state index contributed by atoms with van der Waals surface area (Å²) in [5.74, 6) is 0.830. The van der Waals surface area contributed by atoms with Gasteiger partial charge in [0, 0.05) is 13.2 Å². The zero-order valence-corrected chi connectivity index (χ0v) is 15.4. The van der Waals surface area contributed by atoms with E-state index in [-0.39, 0.29) is 11.7 Å². The number of amides is 1. The standard InChI is InChI=1S/C20H26N2O4/c1-3-4-9-26-18-8-7-15(12-19(18)24-2)11-16(13-21)20(23)22-14-17-6-5-10-25-17/h7-8,11-12,17H,3-6,9-10,14H2,1-2H3,(H,22,23)/b16-11+. The summed E-state index contributed by atoms with van der Waals surface area (Å²) >= 11 is 0. The summed E-state index contributed by atoms with van der Waals surface area (Å²) in [5, 5.41) is 12.1. The summed E-state index contributed by atoms with van der Waals surface area (Å²) in [5.41, 5.74) is 0.748. The maximum Gasteiger partial charge on any atom is 0.262 e. The van der Waals surface area contributed by atoms with Crippen molar-refractivity contribution < 1.29 is 19.0 Å². The van der Waals surface area contributed by atoms with Crippen molar-refractivity contribution in [2.24, 2.45) is 0 Å². The Kier molecular flexibility index (Phi) is 7.97. The first-order chi connectivity index (χ1) is 12.7. The summed E-state index contributed by atoms with van der Waals surface area (Å²) < 4.78 is 16.5. The fraction of sp³-hybridized carbons (Fsp3) is 0.500. The molecule has 1 aliphatic heterocycles. The van der Waals surface area contributed by atoms with Gasteiger partial charge in [-0.1, -0.05) is 19.4 Å². The predicted octanol–water partition coefficient (Wildman–Crippen LogP) is 3.08. The minimum atomic E-state index is -0.398. The van der Waals surface area contributed by atoms with Crippen LogP contribution in [0, 0.1) is 11.3 Å². The van der Waals surface area contributed by atoms with E-state index < -0.39 is 5.91 Å². The fourth-order valence-electron chi connectivity index (χ4n) is 2.64. The normalized spacial score (nSPS) is 16.8. The maximum absolute atomic E-state index is 12.2. The molecule has 0 aromatic heterocycles. The Bertz CT molecular complexity index is 673. The maximum atomic E-state index is 12.2. The van der Waals surface area contributed by atoms with Crippen molar-refractivity contribution in [2.75, 3.05) is 26.9 Å². The molecule has 1 fully saturated rings. The number of hydrogen-bond acceptors (Lipinski definition) is 5. The molecular weight excluding hydrogens is 332 g/mol. The largest absolute Gasteiger partial charge is 0.493 e. The van der Waals surface area contributed by atoms with Crippen LogP contribution in [0.2, 0.25) is 0 Å². The number of nitrogens with zero attached hydrogens (tertiary/aromatic N) is 1. The number of unbranched alkanes of at least 4 members (excludes halogenated alkanes) is 1. The molecule has 0 radical (unpaired) electrons. The zero-order valence-electron chi connectivity index (χ0n) is 15.4. The Balaban J connectivity index is 2.04. The first-order valence-corrected chi connectivity index (χ1v) is 9.00. The average Bonchev–Trinajstić information content (AvgIpc) is 3.18. The molecule has 1 N–H and O–H groups in total. The number of carbonyl (C=O) groups excluding carboxylic acids is 1. The number of nitrogens with one attached hydrogen (secondary N) is 1. The van der Waals surface area contributed by atoms with Crippen LogP contribution in [0.15, 0.2) is 23.8 Å². The molecule has 1 aliphatic rings. The minimum Gasteiger partial charge on any atom is -0.493 e. The lowest BCUT2D eigenvalue weighted by molar-refractivity contribution is -0.117. The molecule has 26 heavy (non-hydrogen) atoms. The van der Waals surface area contributed by atoms with Gasteiger partial charge in [-0.25, -0.2) is 0 Å². The van der Waals surface area contributed by atoms with E-state index in [0.717, 1.165) is 32.3 Å². The van der Waals surface area contributed by atoms with Crippen LogP contribution in [0.25, 0.3) is 6.08 Å². The molecule has 140 valence electrons. The molecule has 2 rings (SSSR count). The van der Waals surface area contributed by atoms with E-state index >= 15 is 0 Å². The van der Waals surface area contributed by atoms with Crippen LogP contribution in [0.4, 0.5) is 0 Å². The summed E-state index contributed by atoms with van der Waals surface area (Å²) in [6, 6.07) is 7.30. The number of hydrogen-bond donors (Lipinski definition) is 1. The van der Waals surface area contributed by atoms with Gasteiger partial charge in [-0.15, -0.1) is 0 Å². The first-order valence-electron chi connectivity index (χ1n) is 9.00. The van der Waals surface area contributed by atoms with Gasteiger partial charge < -0.3 is 19.5 Å². The summed E-state index contributed by atoms with van der Waals surface area (Å²) in [6.45, 7) is 3.87. The number of ether oxygens (including phenoxy) is 3. The lowest BCUT2D eigenvalue weighted by Gasteiger charge is -2.12. The molecule has 0 aliphatic carbocycles. The SMILES string of the molecule is CCCCOc1ccc(/C=C(\C#N)C(=O)NCC2CCCO2)cc1OC. The van der Waals surface area contributed by atoms with Gasteiger partial charge in [0.2, 0.25) is 0 Å². The van der Waals surface area contributed by atoms with Crippen molar-refractivity contribution >= 4 is 12.0 Å². The highest BCUT2D eigenvalue weighted by molar-refractivity contribution is 6.01. The van der Waals surface area contributed by atoms with E-state index in [4.69, 9.17) is 14.2 Å². The molecular formula is C20H26N2O4. The summed E-state index contributed by atoms with van der Waals surface area (Å²) in [6.07, 6.45) is 5.54. The highest BCUT2D eigenvalue weighted by Gasteiger charge is 2.17. The van der Waals surface area contributed by atoms with E-state index in [0.29, 0.717) is 30.2 Å². The molecule has 6 nitrogen and oxygen atoms in total. The topological polar surface area (TPSA) is 80.6 Å². The smallest absolute Gasteiger partial charge is 0.262 e. The van der Waals surface area contributed by atoms with Gasteiger partial charge >= 0.3 is 0 Å². The van der Waals surface area contributed by atoms with Crippen LogP contribution >= 0.6 is 0 Å². The van der Waals surface area contributed by atoms with Gasteiger partial charge in [-0.05, 0) is 43.0 Å². The zero-order chi connectivity index (χ0) is 18.8. The highest BCUT2D eigenvalue weighted by atomic mass is 16.5. The fourth-order valence-corrected chi connectivity index (χ4v) is 2.64. The molecule has 1 heterocycles.